The molecule has 2 aromatic rings. The van der Waals surface area contributed by atoms with E-state index in [1.165, 1.54) is 0 Å². The second kappa shape index (κ2) is 3.25. The Hall–Kier alpha value is -1.86. The molecule has 2 heterocycles. The van der Waals surface area contributed by atoms with Gasteiger partial charge in [0.2, 0.25) is 0 Å². The Morgan fingerprint density at radius 2 is 1.92 bits per heavy atom. The zero-order valence-electron chi connectivity index (χ0n) is 7.02. The lowest BCUT2D eigenvalue weighted by atomic mass is 10.3. The van der Waals surface area contributed by atoms with Crippen molar-refractivity contribution in [2.24, 2.45) is 0 Å². The van der Waals surface area contributed by atoms with Gasteiger partial charge in [0.25, 0.3) is 0 Å². The molecule has 0 spiro atoms. The molecule has 1 unspecified atom stereocenters. The van der Waals surface area contributed by atoms with Gasteiger partial charge in [-0.05, 0) is 27.8 Å². The summed E-state index contributed by atoms with van der Waals surface area (Å²) >= 11 is 0. The van der Waals surface area contributed by atoms with Gasteiger partial charge in [-0.25, -0.2) is 9.36 Å². The lowest BCUT2D eigenvalue weighted by Gasteiger charge is -2.08. The number of aromatic nitrogens is 8. The third-order valence-electron chi connectivity index (χ3n) is 1.66. The first-order chi connectivity index (χ1) is 6.36. The van der Waals surface area contributed by atoms with Crippen molar-refractivity contribution in [3.8, 4) is 0 Å². The van der Waals surface area contributed by atoms with Crippen LogP contribution in [0.5, 0.6) is 0 Å². The maximum Gasteiger partial charge on any atom is 0.138 e. The third kappa shape index (κ3) is 1.66. The predicted molar refractivity (Wildman–Crippen MR) is 40.3 cm³/mol. The number of tetrazole rings is 2. The summed E-state index contributed by atoms with van der Waals surface area (Å²) in [6.07, 6.45) is 3.12. The van der Waals surface area contributed by atoms with Gasteiger partial charge in [-0.3, -0.25) is 0 Å². The monoisotopic (exact) mass is 180 g/mol. The number of hydrogen-bond acceptors (Lipinski definition) is 6. The van der Waals surface area contributed by atoms with Crippen LogP contribution in [-0.2, 0) is 6.54 Å². The average molecular weight is 180 g/mol. The van der Waals surface area contributed by atoms with Crippen LogP contribution >= 0.6 is 0 Å². The molecule has 0 N–H and O–H groups in total. The lowest BCUT2D eigenvalue weighted by Crippen LogP contribution is -2.14. The second-order valence-electron chi connectivity index (χ2n) is 2.67. The third-order valence-corrected chi connectivity index (χ3v) is 1.66. The van der Waals surface area contributed by atoms with E-state index in [9.17, 15) is 0 Å². The smallest absolute Gasteiger partial charge is 0.138 e. The molecule has 0 fully saturated rings. The molecule has 2 rings (SSSR count). The average Bonchev–Trinajstić information content (AvgIpc) is 2.74. The molecule has 1 atom stereocenters. The molecule has 0 saturated heterocycles. The van der Waals surface area contributed by atoms with Gasteiger partial charge in [-0.15, -0.1) is 10.2 Å². The van der Waals surface area contributed by atoms with Gasteiger partial charge in [0.05, 0.1) is 12.6 Å². The summed E-state index contributed by atoms with van der Waals surface area (Å²) in [5, 5.41) is 21.7. The van der Waals surface area contributed by atoms with Gasteiger partial charge in [-0.2, -0.15) is 0 Å². The minimum Gasteiger partial charge on any atom is -0.230 e. The summed E-state index contributed by atoms with van der Waals surface area (Å²) in [5.41, 5.74) is 0. The highest BCUT2D eigenvalue weighted by molar-refractivity contribution is 4.60. The fourth-order valence-corrected chi connectivity index (χ4v) is 0.989. The van der Waals surface area contributed by atoms with E-state index in [1.54, 1.807) is 22.0 Å². The van der Waals surface area contributed by atoms with Crippen LogP contribution < -0.4 is 0 Å². The Kier molecular flexibility index (Phi) is 1.94. The maximum atomic E-state index is 3.77. The van der Waals surface area contributed by atoms with E-state index < -0.39 is 0 Å². The fourth-order valence-electron chi connectivity index (χ4n) is 0.989. The molecular weight excluding hydrogens is 172 g/mol. The van der Waals surface area contributed by atoms with Crippen molar-refractivity contribution in [2.75, 3.05) is 0 Å². The first-order valence-corrected chi connectivity index (χ1v) is 3.79. The SMILES string of the molecule is CC(Cn1cnnn1)n1cnnn1. The minimum absolute atomic E-state index is 0.137. The molecule has 0 aliphatic rings. The topological polar surface area (TPSA) is 87.2 Å². The van der Waals surface area contributed by atoms with Crippen LogP contribution in [0.1, 0.15) is 13.0 Å². The summed E-state index contributed by atoms with van der Waals surface area (Å²) in [6.45, 7) is 2.64. The number of nitrogens with zero attached hydrogens (tertiary/aromatic N) is 8. The predicted octanol–water partition coefficient (Wildman–Crippen LogP) is -1.08. The zero-order chi connectivity index (χ0) is 9.10. The summed E-state index contributed by atoms with van der Waals surface area (Å²) < 4.78 is 3.29. The van der Waals surface area contributed by atoms with E-state index in [2.05, 4.69) is 31.1 Å². The van der Waals surface area contributed by atoms with Crippen LogP contribution in [0.25, 0.3) is 0 Å². The van der Waals surface area contributed by atoms with E-state index >= 15 is 0 Å². The number of hydrogen-bond donors (Lipinski definition) is 0. The molecule has 8 nitrogen and oxygen atoms in total. The molecule has 0 radical (unpaired) electrons. The Morgan fingerprint density at radius 1 is 1.15 bits per heavy atom. The molecule has 0 aliphatic carbocycles. The van der Waals surface area contributed by atoms with Crippen molar-refractivity contribution in [1.29, 1.82) is 0 Å². The van der Waals surface area contributed by atoms with Crippen LogP contribution in [-0.4, -0.2) is 40.4 Å². The lowest BCUT2D eigenvalue weighted by molar-refractivity contribution is 0.392. The van der Waals surface area contributed by atoms with Crippen LogP contribution in [0.15, 0.2) is 12.7 Å². The minimum atomic E-state index is 0.137. The quantitative estimate of drug-likeness (QED) is 0.597. The van der Waals surface area contributed by atoms with Gasteiger partial charge in [-0.1, -0.05) is 0 Å². The van der Waals surface area contributed by atoms with Crippen molar-refractivity contribution in [1.82, 2.24) is 40.4 Å². The maximum absolute atomic E-state index is 3.77. The Balaban J connectivity index is 2.04. The highest BCUT2D eigenvalue weighted by atomic mass is 15.6. The molecule has 0 bridgehead atoms. The van der Waals surface area contributed by atoms with E-state index in [0.717, 1.165) is 0 Å². The van der Waals surface area contributed by atoms with Crippen molar-refractivity contribution < 1.29 is 0 Å². The van der Waals surface area contributed by atoms with E-state index in [0.29, 0.717) is 6.54 Å². The molecule has 13 heavy (non-hydrogen) atoms. The zero-order valence-corrected chi connectivity index (χ0v) is 7.02. The molecule has 0 aromatic carbocycles. The van der Waals surface area contributed by atoms with E-state index in [4.69, 9.17) is 0 Å². The summed E-state index contributed by atoms with van der Waals surface area (Å²) in [4.78, 5) is 0. The Labute approximate surface area is 73.6 Å². The van der Waals surface area contributed by atoms with Crippen molar-refractivity contribution in [2.45, 2.75) is 19.5 Å². The van der Waals surface area contributed by atoms with Crippen molar-refractivity contribution >= 4 is 0 Å². The molecule has 0 amide bonds. The highest BCUT2D eigenvalue weighted by Gasteiger charge is 2.06. The van der Waals surface area contributed by atoms with Crippen LogP contribution in [0, 0.1) is 0 Å². The molecule has 8 heteroatoms. The standard InChI is InChI=1S/C5H8N8/c1-5(13-4-7-9-11-13)2-12-3-6-8-10-12/h3-5H,2H2,1H3. The summed E-state index contributed by atoms with van der Waals surface area (Å²) in [5.74, 6) is 0. The van der Waals surface area contributed by atoms with E-state index in [1.807, 2.05) is 6.92 Å². The Bertz CT molecular complexity index is 337. The largest absolute Gasteiger partial charge is 0.230 e. The molecule has 2 aromatic heterocycles. The first-order valence-electron chi connectivity index (χ1n) is 3.79. The van der Waals surface area contributed by atoms with Gasteiger partial charge in [0.1, 0.15) is 12.7 Å². The Morgan fingerprint density at radius 3 is 2.54 bits per heavy atom. The highest BCUT2D eigenvalue weighted by Crippen LogP contribution is 2.02. The van der Waals surface area contributed by atoms with Gasteiger partial charge in [0, 0.05) is 0 Å². The summed E-state index contributed by atoms with van der Waals surface area (Å²) in [7, 11) is 0. The molecule has 0 saturated carbocycles. The molecular formula is C5H8N8. The van der Waals surface area contributed by atoms with Gasteiger partial charge in [0.15, 0.2) is 0 Å². The van der Waals surface area contributed by atoms with Gasteiger partial charge < -0.3 is 0 Å². The normalized spacial score (nSPS) is 13.0. The van der Waals surface area contributed by atoms with E-state index in [-0.39, 0.29) is 6.04 Å². The van der Waals surface area contributed by atoms with Crippen LogP contribution in [0.2, 0.25) is 0 Å². The summed E-state index contributed by atoms with van der Waals surface area (Å²) in [6, 6.07) is 0.137. The first kappa shape index (κ1) is 7.77. The second-order valence-corrected chi connectivity index (χ2v) is 2.67. The van der Waals surface area contributed by atoms with Gasteiger partial charge >= 0.3 is 0 Å². The van der Waals surface area contributed by atoms with Crippen molar-refractivity contribution in [3.63, 3.8) is 0 Å². The van der Waals surface area contributed by atoms with Crippen LogP contribution in [0.4, 0.5) is 0 Å². The number of rotatable bonds is 3. The fraction of sp³-hybridized carbons (Fsp3) is 0.600. The molecule has 0 aliphatic heterocycles. The molecule has 68 valence electrons. The van der Waals surface area contributed by atoms with Crippen molar-refractivity contribution in [3.05, 3.63) is 12.7 Å². The van der Waals surface area contributed by atoms with Crippen LogP contribution in [0.3, 0.4) is 0 Å².